The second-order valence-electron chi connectivity index (χ2n) is 4.25. The number of unbranched alkanes of at least 4 members (excludes halogenated alkanes) is 5. The first-order chi connectivity index (χ1) is 8.44. The second-order valence-corrected chi connectivity index (χ2v) is 4.99. The van der Waals surface area contributed by atoms with E-state index in [-0.39, 0.29) is 6.42 Å². The van der Waals surface area contributed by atoms with Gasteiger partial charge in [0.2, 0.25) is 4.93 Å². The van der Waals surface area contributed by atoms with Gasteiger partial charge in [-0.15, -0.1) is 12.6 Å². The van der Waals surface area contributed by atoms with Crippen LogP contribution < -0.4 is 0 Å². The zero-order chi connectivity index (χ0) is 14.0. The molecular weight excluding hydrogens is 256 g/mol. The molecule has 2 N–H and O–H groups in total. The Morgan fingerprint density at radius 1 is 1.17 bits per heavy atom. The molecule has 0 aliphatic rings. The lowest BCUT2D eigenvalue weighted by Crippen LogP contribution is -2.39. The van der Waals surface area contributed by atoms with Gasteiger partial charge in [0, 0.05) is 6.42 Å². The first-order valence-corrected chi connectivity index (χ1v) is 6.69. The van der Waals surface area contributed by atoms with Gasteiger partial charge < -0.3 is 14.9 Å². The van der Waals surface area contributed by atoms with E-state index in [0.29, 0.717) is 6.42 Å². The Morgan fingerprint density at radius 3 is 2.28 bits per heavy atom. The number of esters is 2. The molecule has 0 aromatic carbocycles. The first kappa shape index (κ1) is 17.4. The van der Waals surface area contributed by atoms with Crippen molar-refractivity contribution in [2.45, 2.75) is 56.8 Å². The van der Waals surface area contributed by atoms with Gasteiger partial charge in [0.1, 0.15) is 0 Å². The predicted molar refractivity (Wildman–Crippen MR) is 70.1 cm³/mol. The van der Waals surface area contributed by atoms with Crippen LogP contribution in [0.1, 0.15) is 51.9 Å². The van der Waals surface area contributed by atoms with Crippen LogP contribution in [-0.2, 0) is 14.3 Å². The molecule has 0 rings (SSSR count). The van der Waals surface area contributed by atoms with Gasteiger partial charge in [0.05, 0.1) is 6.61 Å². The van der Waals surface area contributed by atoms with Crippen molar-refractivity contribution in [3.63, 3.8) is 0 Å². The summed E-state index contributed by atoms with van der Waals surface area (Å²) in [5.41, 5.74) is 0. The molecule has 0 spiro atoms. The van der Waals surface area contributed by atoms with Crippen LogP contribution >= 0.6 is 12.6 Å². The van der Waals surface area contributed by atoms with E-state index in [1.54, 1.807) is 0 Å². The third kappa shape index (κ3) is 7.68. The second kappa shape index (κ2) is 9.35. The molecule has 0 radical (unpaired) electrons. The third-order valence-electron chi connectivity index (χ3n) is 2.49. The van der Waals surface area contributed by atoms with Crippen LogP contribution in [-0.4, -0.2) is 33.7 Å². The summed E-state index contributed by atoms with van der Waals surface area (Å²) < 4.78 is 4.37. The van der Waals surface area contributed by atoms with Crippen LogP contribution in [0.15, 0.2) is 0 Å². The first-order valence-electron chi connectivity index (χ1n) is 6.24. The number of hydrogen-bond acceptors (Lipinski definition) is 6. The molecule has 6 heteroatoms. The van der Waals surface area contributed by atoms with Gasteiger partial charge in [-0.25, -0.2) is 4.79 Å². The van der Waals surface area contributed by atoms with Crippen molar-refractivity contribution in [2.75, 3.05) is 6.61 Å². The standard InChI is InChI=1S/C12H22O5S/c1-2-3-4-5-6-7-8-10(14)17-11(15)12(16,18)9-13/h13,16,18H,2-9H2,1H3. The van der Waals surface area contributed by atoms with Crippen LogP contribution in [0.25, 0.3) is 0 Å². The summed E-state index contributed by atoms with van der Waals surface area (Å²) in [7, 11) is 0. The quantitative estimate of drug-likeness (QED) is 0.195. The van der Waals surface area contributed by atoms with E-state index < -0.39 is 23.5 Å². The van der Waals surface area contributed by atoms with Crippen LogP contribution in [0.4, 0.5) is 0 Å². The van der Waals surface area contributed by atoms with E-state index in [1.807, 2.05) is 0 Å². The summed E-state index contributed by atoms with van der Waals surface area (Å²) in [6.45, 7) is 1.22. The average Bonchev–Trinajstić information content (AvgIpc) is 2.33. The van der Waals surface area contributed by atoms with Crippen molar-refractivity contribution in [3.8, 4) is 0 Å². The Labute approximate surface area is 113 Å². The van der Waals surface area contributed by atoms with Crippen LogP contribution in [0.5, 0.6) is 0 Å². The monoisotopic (exact) mass is 278 g/mol. The smallest absolute Gasteiger partial charge is 0.358 e. The molecule has 0 aliphatic heterocycles. The van der Waals surface area contributed by atoms with E-state index in [1.165, 1.54) is 6.42 Å². The molecule has 0 aliphatic carbocycles. The fourth-order valence-corrected chi connectivity index (χ4v) is 1.40. The minimum absolute atomic E-state index is 0.132. The van der Waals surface area contributed by atoms with Gasteiger partial charge in [-0.05, 0) is 6.42 Å². The molecule has 0 aromatic heterocycles. The fraction of sp³-hybridized carbons (Fsp3) is 0.833. The summed E-state index contributed by atoms with van der Waals surface area (Å²) in [4.78, 5) is 20.1. The Morgan fingerprint density at radius 2 is 1.72 bits per heavy atom. The van der Waals surface area contributed by atoms with Gasteiger partial charge >= 0.3 is 11.9 Å². The summed E-state index contributed by atoms with van der Waals surface area (Å²) in [6.07, 6.45) is 6.25. The van der Waals surface area contributed by atoms with E-state index in [0.717, 1.165) is 25.7 Å². The molecule has 0 aromatic rings. The summed E-state index contributed by atoms with van der Waals surface area (Å²) >= 11 is 3.48. The number of hydrogen-bond donors (Lipinski definition) is 3. The minimum Gasteiger partial charge on any atom is -0.392 e. The lowest BCUT2D eigenvalue weighted by atomic mass is 10.1. The summed E-state index contributed by atoms with van der Waals surface area (Å²) in [5, 5.41) is 17.8. The van der Waals surface area contributed by atoms with Gasteiger partial charge in [-0.3, -0.25) is 4.79 Å². The highest BCUT2D eigenvalue weighted by Crippen LogP contribution is 2.13. The van der Waals surface area contributed by atoms with Crippen molar-refractivity contribution in [2.24, 2.45) is 0 Å². The molecule has 0 heterocycles. The summed E-state index contributed by atoms with van der Waals surface area (Å²) in [5.74, 6) is -1.93. The Balaban J connectivity index is 3.69. The van der Waals surface area contributed by atoms with Crippen molar-refractivity contribution >= 4 is 24.6 Å². The lowest BCUT2D eigenvalue weighted by molar-refractivity contribution is -0.169. The van der Waals surface area contributed by atoms with Crippen molar-refractivity contribution in [1.82, 2.24) is 0 Å². The SMILES string of the molecule is CCCCCCCCC(=O)OC(=O)C(O)(S)CO. The molecule has 0 saturated carbocycles. The van der Waals surface area contributed by atoms with E-state index >= 15 is 0 Å². The van der Waals surface area contributed by atoms with Crippen molar-refractivity contribution in [3.05, 3.63) is 0 Å². The highest BCUT2D eigenvalue weighted by atomic mass is 32.1. The van der Waals surface area contributed by atoms with Gasteiger partial charge in [-0.1, -0.05) is 39.0 Å². The predicted octanol–water partition coefficient (Wildman–Crippen LogP) is 1.42. The number of carbonyl (C=O) groups excluding carboxylic acids is 2. The lowest BCUT2D eigenvalue weighted by Gasteiger charge is -2.15. The molecule has 0 fully saturated rings. The number of thiol groups is 1. The molecule has 5 nitrogen and oxygen atoms in total. The highest BCUT2D eigenvalue weighted by molar-refractivity contribution is 7.82. The molecule has 0 saturated heterocycles. The number of aliphatic hydroxyl groups excluding tert-OH is 1. The fourth-order valence-electron chi connectivity index (χ4n) is 1.35. The van der Waals surface area contributed by atoms with Crippen LogP contribution in [0.3, 0.4) is 0 Å². The molecular formula is C12H22O5S. The van der Waals surface area contributed by atoms with Crippen molar-refractivity contribution < 1.29 is 24.5 Å². The topological polar surface area (TPSA) is 83.8 Å². The maximum atomic E-state index is 11.2. The largest absolute Gasteiger partial charge is 0.392 e. The van der Waals surface area contributed by atoms with Crippen molar-refractivity contribution in [1.29, 1.82) is 0 Å². The molecule has 1 atom stereocenters. The van der Waals surface area contributed by atoms with E-state index in [4.69, 9.17) is 5.11 Å². The Hall–Kier alpha value is -0.590. The average molecular weight is 278 g/mol. The van der Waals surface area contributed by atoms with Gasteiger partial charge in [-0.2, -0.15) is 0 Å². The third-order valence-corrected chi connectivity index (χ3v) is 2.81. The van der Waals surface area contributed by atoms with E-state index in [9.17, 15) is 14.7 Å². The van der Waals surface area contributed by atoms with Crippen LogP contribution in [0, 0.1) is 0 Å². The van der Waals surface area contributed by atoms with Gasteiger partial charge in [0.15, 0.2) is 0 Å². The number of ether oxygens (including phenoxy) is 1. The normalized spacial score (nSPS) is 14.0. The molecule has 106 valence electrons. The molecule has 0 amide bonds. The Kier molecular flexibility index (Phi) is 9.05. The number of rotatable bonds is 9. The molecule has 18 heavy (non-hydrogen) atoms. The van der Waals surface area contributed by atoms with Gasteiger partial charge in [0.25, 0.3) is 0 Å². The Bertz CT molecular complexity index is 265. The highest BCUT2D eigenvalue weighted by Gasteiger charge is 2.34. The maximum Gasteiger partial charge on any atom is 0.358 e. The summed E-state index contributed by atoms with van der Waals surface area (Å²) in [6, 6.07) is 0. The van der Waals surface area contributed by atoms with E-state index in [2.05, 4.69) is 24.3 Å². The molecule has 1 unspecified atom stereocenters. The maximum absolute atomic E-state index is 11.2. The molecule has 0 bridgehead atoms. The minimum atomic E-state index is -2.31. The number of carbonyl (C=O) groups is 2. The number of aliphatic hydroxyl groups is 2. The zero-order valence-electron chi connectivity index (χ0n) is 10.7. The zero-order valence-corrected chi connectivity index (χ0v) is 11.6. The van der Waals surface area contributed by atoms with Crippen LogP contribution in [0.2, 0.25) is 0 Å².